The standard InChI is InChI=1S/C9H20N2O2S/c1-9(2)11-5-3-10(4-6-11)7-8-14(12)13/h9H,3-8H2,1-2H3,(H,12,13)/p-1. The van der Waals surface area contributed by atoms with Crippen LogP contribution in [0.5, 0.6) is 0 Å². The number of nitrogens with zero attached hydrogens (tertiary/aromatic N) is 2. The van der Waals surface area contributed by atoms with Crippen molar-refractivity contribution in [3.8, 4) is 0 Å². The van der Waals surface area contributed by atoms with Crippen LogP contribution in [0, 0.1) is 0 Å². The van der Waals surface area contributed by atoms with Crippen molar-refractivity contribution in [2.75, 3.05) is 38.5 Å². The van der Waals surface area contributed by atoms with Gasteiger partial charge >= 0.3 is 0 Å². The van der Waals surface area contributed by atoms with Crippen molar-refractivity contribution in [2.45, 2.75) is 19.9 Å². The zero-order chi connectivity index (χ0) is 10.6. The summed E-state index contributed by atoms with van der Waals surface area (Å²) in [5.74, 6) is 0.266. The molecule has 0 aromatic rings. The first-order valence-electron chi connectivity index (χ1n) is 5.12. The molecule has 0 bridgehead atoms. The van der Waals surface area contributed by atoms with E-state index in [1.165, 1.54) is 0 Å². The highest BCUT2D eigenvalue weighted by molar-refractivity contribution is 7.79. The summed E-state index contributed by atoms with van der Waals surface area (Å²) in [4.78, 5) is 4.64. The monoisotopic (exact) mass is 219 g/mol. The van der Waals surface area contributed by atoms with Crippen LogP contribution in [0.2, 0.25) is 0 Å². The van der Waals surface area contributed by atoms with Gasteiger partial charge in [-0.15, -0.1) is 0 Å². The summed E-state index contributed by atoms with van der Waals surface area (Å²) < 4.78 is 20.8. The first kappa shape index (κ1) is 12.1. The maximum absolute atomic E-state index is 10.4. The molecule has 1 saturated heterocycles. The van der Waals surface area contributed by atoms with E-state index >= 15 is 0 Å². The van der Waals surface area contributed by atoms with Crippen molar-refractivity contribution in [1.82, 2.24) is 9.80 Å². The predicted octanol–water partition coefficient (Wildman–Crippen LogP) is -0.108. The van der Waals surface area contributed by atoms with Crippen LogP contribution in [0.25, 0.3) is 0 Å². The molecule has 1 rings (SSSR count). The van der Waals surface area contributed by atoms with Crippen LogP contribution >= 0.6 is 0 Å². The van der Waals surface area contributed by atoms with Crippen LogP contribution < -0.4 is 0 Å². The molecular formula is C9H19N2O2S-. The van der Waals surface area contributed by atoms with E-state index in [1.807, 2.05) is 0 Å². The third-order valence-corrected chi connectivity index (χ3v) is 3.23. The summed E-state index contributed by atoms with van der Waals surface area (Å²) in [5.41, 5.74) is 0. The van der Waals surface area contributed by atoms with Crippen molar-refractivity contribution in [3.63, 3.8) is 0 Å². The minimum absolute atomic E-state index is 0.266. The second kappa shape index (κ2) is 5.80. The average molecular weight is 219 g/mol. The fourth-order valence-corrected chi connectivity index (χ4v) is 2.11. The molecule has 0 amide bonds. The largest absolute Gasteiger partial charge is 0.772 e. The number of hydrogen-bond donors (Lipinski definition) is 0. The van der Waals surface area contributed by atoms with Crippen LogP contribution in [0.15, 0.2) is 0 Å². The fraction of sp³-hybridized carbons (Fsp3) is 1.00. The van der Waals surface area contributed by atoms with Gasteiger partial charge in [-0.2, -0.15) is 0 Å². The van der Waals surface area contributed by atoms with E-state index in [0.29, 0.717) is 12.6 Å². The highest BCUT2D eigenvalue weighted by Crippen LogP contribution is 2.05. The van der Waals surface area contributed by atoms with Crippen molar-refractivity contribution >= 4 is 11.1 Å². The second-order valence-corrected chi connectivity index (χ2v) is 4.99. The third kappa shape index (κ3) is 4.04. The first-order chi connectivity index (χ1) is 6.59. The van der Waals surface area contributed by atoms with E-state index in [9.17, 15) is 8.76 Å². The van der Waals surface area contributed by atoms with Crippen LogP contribution in [0.4, 0.5) is 0 Å². The SMILES string of the molecule is CC(C)N1CCN(CCS(=O)[O-])CC1. The normalized spacial score (nSPS) is 22.9. The maximum atomic E-state index is 10.4. The quantitative estimate of drug-likeness (QED) is 0.619. The molecule has 1 heterocycles. The lowest BCUT2D eigenvalue weighted by molar-refractivity contribution is 0.113. The molecule has 1 aliphatic rings. The highest BCUT2D eigenvalue weighted by atomic mass is 32.2. The molecule has 84 valence electrons. The lowest BCUT2D eigenvalue weighted by atomic mass is 10.2. The topological polar surface area (TPSA) is 46.6 Å². The second-order valence-electron chi connectivity index (χ2n) is 3.98. The summed E-state index contributed by atoms with van der Waals surface area (Å²) in [6.07, 6.45) is 0. The van der Waals surface area contributed by atoms with E-state index in [4.69, 9.17) is 0 Å². The average Bonchev–Trinajstić information content (AvgIpc) is 2.15. The minimum atomic E-state index is -1.89. The molecule has 1 atom stereocenters. The van der Waals surface area contributed by atoms with Crippen LogP contribution in [0.1, 0.15) is 13.8 Å². The van der Waals surface area contributed by atoms with Gasteiger partial charge in [0.15, 0.2) is 0 Å². The van der Waals surface area contributed by atoms with Crippen molar-refractivity contribution in [2.24, 2.45) is 0 Å². The Morgan fingerprint density at radius 1 is 1.29 bits per heavy atom. The van der Waals surface area contributed by atoms with Gasteiger partial charge in [0.05, 0.1) is 0 Å². The summed E-state index contributed by atoms with van der Waals surface area (Å²) in [6, 6.07) is 0.603. The van der Waals surface area contributed by atoms with Crippen LogP contribution in [0.3, 0.4) is 0 Å². The summed E-state index contributed by atoms with van der Waals surface area (Å²) in [6.45, 7) is 9.18. The highest BCUT2D eigenvalue weighted by Gasteiger charge is 2.17. The Labute approximate surface area is 88.6 Å². The predicted molar refractivity (Wildman–Crippen MR) is 56.9 cm³/mol. The van der Waals surface area contributed by atoms with Crippen molar-refractivity contribution < 1.29 is 8.76 Å². The van der Waals surface area contributed by atoms with Crippen LogP contribution in [-0.2, 0) is 11.1 Å². The molecule has 0 spiro atoms. The Morgan fingerprint density at radius 2 is 1.86 bits per heavy atom. The lowest BCUT2D eigenvalue weighted by Crippen LogP contribution is -2.49. The molecule has 1 unspecified atom stereocenters. The van der Waals surface area contributed by atoms with E-state index in [-0.39, 0.29) is 5.75 Å². The molecule has 1 aliphatic heterocycles. The van der Waals surface area contributed by atoms with Gasteiger partial charge in [0.25, 0.3) is 0 Å². The molecule has 0 N–H and O–H groups in total. The van der Waals surface area contributed by atoms with Gasteiger partial charge in [-0.05, 0) is 13.8 Å². The molecular weight excluding hydrogens is 200 g/mol. The van der Waals surface area contributed by atoms with Gasteiger partial charge in [0.2, 0.25) is 0 Å². The van der Waals surface area contributed by atoms with Gasteiger partial charge in [-0.1, -0.05) is 11.1 Å². The molecule has 0 aromatic carbocycles. The Balaban J connectivity index is 2.19. The van der Waals surface area contributed by atoms with E-state index < -0.39 is 11.1 Å². The van der Waals surface area contributed by atoms with Crippen molar-refractivity contribution in [3.05, 3.63) is 0 Å². The molecule has 5 heteroatoms. The van der Waals surface area contributed by atoms with E-state index in [0.717, 1.165) is 26.2 Å². The Bertz CT molecular complexity index is 191. The van der Waals surface area contributed by atoms with Crippen molar-refractivity contribution in [1.29, 1.82) is 0 Å². The maximum Gasteiger partial charge on any atom is 0.0229 e. The smallest absolute Gasteiger partial charge is 0.0229 e. The molecule has 0 saturated carbocycles. The minimum Gasteiger partial charge on any atom is -0.772 e. The van der Waals surface area contributed by atoms with Gasteiger partial charge in [-0.3, -0.25) is 14.0 Å². The summed E-state index contributed by atoms with van der Waals surface area (Å²) in [5, 5.41) is 0. The Kier molecular flexibility index (Phi) is 5.01. The first-order valence-corrected chi connectivity index (χ1v) is 6.36. The summed E-state index contributed by atoms with van der Waals surface area (Å²) in [7, 11) is 0. The zero-order valence-corrected chi connectivity index (χ0v) is 9.76. The fourth-order valence-electron chi connectivity index (χ4n) is 1.71. The number of hydrogen-bond acceptors (Lipinski definition) is 4. The summed E-state index contributed by atoms with van der Waals surface area (Å²) >= 11 is -1.89. The Morgan fingerprint density at radius 3 is 2.29 bits per heavy atom. The Hall–Kier alpha value is 0.0300. The molecule has 1 fully saturated rings. The van der Waals surface area contributed by atoms with Gasteiger partial charge < -0.3 is 4.55 Å². The molecule has 4 nitrogen and oxygen atoms in total. The third-order valence-electron chi connectivity index (χ3n) is 2.71. The number of rotatable bonds is 4. The molecule has 14 heavy (non-hydrogen) atoms. The van der Waals surface area contributed by atoms with Crippen LogP contribution in [-0.4, -0.2) is 63.1 Å². The lowest BCUT2D eigenvalue weighted by Gasteiger charge is -2.36. The molecule has 0 aliphatic carbocycles. The van der Waals surface area contributed by atoms with E-state index in [2.05, 4.69) is 23.6 Å². The van der Waals surface area contributed by atoms with Gasteiger partial charge in [0.1, 0.15) is 0 Å². The molecule has 0 aromatic heterocycles. The number of piperazine rings is 1. The van der Waals surface area contributed by atoms with E-state index in [1.54, 1.807) is 0 Å². The van der Waals surface area contributed by atoms with Gasteiger partial charge in [-0.25, -0.2) is 0 Å². The van der Waals surface area contributed by atoms with Gasteiger partial charge in [0, 0.05) is 44.5 Å². The molecule has 0 radical (unpaired) electrons. The zero-order valence-electron chi connectivity index (χ0n) is 8.94.